The largest absolute Gasteiger partial charge is 0.396 e. The molecule has 110 valence electrons. The number of rotatable bonds is 5. The van der Waals surface area contributed by atoms with Crippen LogP contribution in [0.5, 0.6) is 0 Å². The van der Waals surface area contributed by atoms with Crippen molar-refractivity contribution < 1.29 is 9.90 Å². The Bertz CT molecular complexity index is 664. The summed E-state index contributed by atoms with van der Waals surface area (Å²) in [5.74, 6) is -0.210. The number of carbonyl (C=O) groups excluding carboxylic acids is 1. The van der Waals surface area contributed by atoms with Gasteiger partial charge in [0.2, 0.25) is 0 Å². The molecule has 0 radical (unpaired) electrons. The van der Waals surface area contributed by atoms with Crippen LogP contribution in [0.4, 0.5) is 0 Å². The molecule has 1 aliphatic carbocycles. The Balaban J connectivity index is 1.79. The molecule has 5 nitrogen and oxygen atoms in total. The van der Waals surface area contributed by atoms with Crippen LogP contribution < -0.4 is 5.32 Å². The summed E-state index contributed by atoms with van der Waals surface area (Å²) in [4.78, 5) is 12.3. The van der Waals surface area contributed by atoms with E-state index in [4.69, 9.17) is 11.6 Å². The van der Waals surface area contributed by atoms with Crippen molar-refractivity contribution in [2.24, 2.45) is 5.41 Å². The van der Waals surface area contributed by atoms with Crippen molar-refractivity contribution in [1.82, 2.24) is 15.5 Å². The first-order valence-electron chi connectivity index (χ1n) is 6.82. The highest BCUT2D eigenvalue weighted by molar-refractivity contribution is 6.33. The number of nitrogens with one attached hydrogen (secondary N) is 2. The molecule has 1 aromatic carbocycles. The summed E-state index contributed by atoms with van der Waals surface area (Å²) in [5.41, 5.74) is 1.68. The van der Waals surface area contributed by atoms with E-state index in [1.807, 2.05) is 18.2 Å². The number of hydrogen-bond donors (Lipinski definition) is 3. The van der Waals surface area contributed by atoms with Crippen LogP contribution in [0, 0.1) is 5.41 Å². The van der Waals surface area contributed by atoms with E-state index in [9.17, 15) is 9.90 Å². The lowest BCUT2D eigenvalue weighted by Gasteiger charge is -2.12. The van der Waals surface area contributed by atoms with Crippen LogP contribution in [-0.4, -0.2) is 34.4 Å². The Morgan fingerprint density at radius 1 is 1.43 bits per heavy atom. The van der Waals surface area contributed by atoms with Crippen LogP contribution in [0.15, 0.2) is 30.5 Å². The van der Waals surface area contributed by atoms with Gasteiger partial charge in [0, 0.05) is 22.5 Å². The monoisotopic (exact) mass is 305 g/mol. The summed E-state index contributed by atoms with van der Waals surface area (Å²) in [6, 6.07) is 7.29. The normalized spacial score (nSPS) is 15.7. The maximum absolute atomic E-state index is 12.3. The predicted molar refractivity (Wildman–Crippen MR) is 80.1 cm³/mol. The maximum Gasteiger partial charge on any atom is 0.255 e. The Hall–Kier alpha value is -1.85. The van der Waals surface area contributed by atoms with Gasteiger partial charge in [-0.15, -0.1) is 0 Å². The molecule has 1 saturated carbocycles. The van der Waals surface area contributed by atoms with Crippen molar-refractivity contribution in [3.63, 3.8) is 0 Å². The summed E-state index contributed by atoms with van der Waals surface area (Å²) in [6.45, 7) is 0.589. The smallest absolute Gasteiger partial charge is 0.255 e. The van der Waals surface area contributed by atoms with Crippen LogP contribution in [0.3, 0.4) is 0 Å². The molecule has 3 rings (SSSR count). The van der Waals surface area contributed by atoms with Gasteiger partial charge < -0.3 is 10.4 Å². The number of nitrogens with zero attached hydrogens (tertiary/aromatic N) is 1. The first kappa shape index (κ1) is 14.1. The molecule has 1 heterocycles. The minimum Gasteiger partial charge on any atom is -0.396 e. The maximum atomic E-state index is 12.3. The fourth-order valence-corrected chi connectivity index (χ4v) is 2.49. The van der Waals surface area contributed by atoms with Gasteiger partial charge in [-0.1, -0.05) is 29.8 Å². The molecule has 1 aliphatic rings. The zero-order chi connectivity index (χ0) is 14.9. The van der Waals surface area contributed by atoms with Crippen LogP contribution >= 0.6 is 11.6 Å². The fourth-order valence-electron chi connectivity index (χ4n) is 2.26. The van der Waals surface area contributed by atoms with E-state index in [1.54, 1.807) is 6.07 Å². The predicted octanol–water partition coefficient (Wildman–Crippen LogP) is 2.23. The molecule has 21 heavy (non-hydrogen) atoms. The number of hydrogen-bond acceptors (Lipinski definition) is 3. The van der Waals surface area contributed by atoms with Crippen molar-refractivity contribution in [2.75, 3.05) is 13.2 Å². The number of aliphatic hydroxyl groups is 1. The van der Waals surface area contributed by atoms with E-state index in [2.05, 4.69) is 15.5 Å². The molecule has 6 heteroatoms. The lowest BCUT2D eigenvalue weighted by atomic mass is 10.1. The van der Waals surface area contributed by atoms with E-state index < -0.39 is 0 Å². The average Bonchev–Trinajstić information content (AvgIpc) is 3.13. The summed E-state index contributed by atoms with van der Waals surface area (Å²) in [7, 11) is 0. The van der Waals surface area contributed by atoms with Crippen molar-refractivity contribution in [1.29, 1.82) is 0 Å². The van der Waals surface area contributed by atoms with E-state index >= 15 is 0 Å². The van der Waals surface area contributed by atoms with E-state index in [-0.39, 0.29) is 17.9 Å². The highest BCUT2D eigenvalue weighted by Gasteiger charge is 2.42. The summed E-state index contributed by atoms with van der Waals surface area (Å²) in [6.07, 6.45) is 3.39. The highest BCUT2D eigenvalue weighted by atomic mass is 35.5. The molecule has 0 atom stereocenters. The van der Waals surface area contributed by atoms with Gasteiger partial charge in [0.1, 0.15) is 0 Å². The van der Waals surface area contributed by atoms with E-state index in [1.165, 1.54) is 6.20 Å². The highest BCUT2D eigenvalue weighted by Crippen LogP contribution is 2.44. The van der Waals surface area contributed by atoms with Gasteiger partial charge in [0.25, 0.3) is 5.91 Å². The SMILES string of the molecule is O=C(NCC1(CO)CC1)c1cn[nH]c1-c1ccccc1Cl. The van der Waals surface area contributed by atoms with E-state index in [0.717, 1.165) is 18.4 Å². The number of halogens is 1. The van der Waals surface area contributed by atoms with Gasteiger partial charge in [-0.05, 0) is 18.9 Å². The number of H-pyrrole nitrogens is 1. The topological polar surface area (TPSA) is 78.0 Å². The number of aromatic nitrogens is 2. The fraction of sp³-hybridized carbons (Fsp3) is 0.333. The minimum absolute atomic E-state index is 0.107. The Kier molecular flexibility index (Phi) is 3.69. The zero-order valence-electron chi connectivity index (χ0n) is 11.4. The summed E-state index contributed by atoms with van der Waals surface area (Å²) in [5, 5.41) is 19.5. The molecule has 0 unspecified atom stereocenters. The van der Waals surface area contributed by atoms with Gasteiger partial charge in [-0.2, -0.15) is 5.10 Å². The van der Waals surface area contributed by atoms with Gasteiger partial charge in [-0.25, -0.2) is 0 Å². The molecule has 2 aromatic rings. The lowest BCUT2D eigenvalue weighted by Crippen LogP contribution is -2.31. The molecule has 0 aliphatic heterocycles. The first-order valence-corrected chi connectivity index (χ1v) is 7.20. The van der Waals surface area contributed by atoms with Crippen LogP contribution in [-0.2, 0) is 0 Å². The minimum atomic E-state index is -0.210. The quantitative estimate of drug-likeness (QED) is 0.792. The Morgan fingerprint density at radius 2 is 2.19 bits per heavy atom. The third kappa shape index (κ3) is 2.80. The zero-order valence-corrected chi connectivity index (χ0v) is 12.2. The summed E-state index contributed by atoms with van der Waals surface area (Å²) >= 11 is 6.16. The Morgan fingerprint density at radius 3 is 2.86 bits per heavy atom. The number of carbonyl (C=O) groups is 1. The second-order valence-corrected chi connectivity index (χ2v) is 5.89. The molecule has 0 bridgehead atoms. The van der Waals surface area contributed by atoms with Crippen LogP contribution in [0.1, 0.15) is 23.2 Å². The Labute approximate surface area is 127 Å². The van der Waals surface area contributed by atoms with Crippen LogP contribution in [0.25, 0.3) is 11.3 Å². The third-order valence-corrected chi connectivity index (χ3v) is 4.27. The second kappa shape index (κ2) is 5.50. The van der Waals surface area contributed by atoms with Gasteiger partial charge >= 0.3 is 0 Å². The van der Waals surface area contributed by atoms with Crippen molar-refractivity contribution in [3.05, 3.63) is 41.0 Å². The van der Waals surface area contributed by atoms with Crippen molar-refractivity contribution >= 4 is 17.5 Å². The second-order valence-electron chi connectivity index (χ2n) is 5.48. The van der Waals surface area contributed by atoms with Crippen molar-refractivity contribution in [2.45, 2.75) is 12.8 Å². The number of aliphatic hydroxyl groups excluding tert-OH is 1. The van der Waals surface area contributed by atoms with Gasteiger partial charge in [-0.3, -0.25) is 9.89 Å². The number of benzene rings is 1. The summed E-state index contributed by atoms with van der Waals surface area (Å²) < 4.78 is 0. The van der Waals surface area contributed by atoms with E-state index in [0.29, 0.717) is 22.8 Å². The molecule has 1 aromatic heterocycles. The van der Waals surface area contributed by atoms with Crippen molar-refractivity contribution in [3.8, 4) is 11.3 Å². The molecule has 3 N–H and O–H groups in total. The van der Waals surface area contributed by atoms with Gasteiger partial charge in [0.05, 0.1) is 24.1 Å². The van der Waals surface area contributed by atoms with Crippen LogP contribution in [0.2, 0.25) is 5.02 Å². The number of aromatic amines is 1. The lowest BCUT2D eigenvalue weighted by molar-refractivity contribution is 0.0936. The standard InChI is InChI=1S/C15H16ClN3O2/c16-12-4-2-1-3-10(12)13-11(7-18-19-13)14(21)17-8-15(9-20)5-6-15/h1-4,7,20H,5-6,8-9H2,(H,17,21)(H,18,19). The molecular weight excluding hydrogens is 290 g/mol. The third-order valence-electron chi connectivity index (χ3n) is 3.94. The molecule has 0 spiro atoms. The molecular formula is C15H16ClN3O2. The number of amides is 1. The molecule has 1 fully saturated rings. The molecule has 1 amide bonds. The van der Waals surface area contributed by atoms with Gasteiger partial charge in [0.15, 0.2) is 0 Å². The average molecular weight is 306 g/mol. The first-order chi connectivity index (χ1) is 10.2. The molecule has 0 saturated heterocycles.